The number of ether oxygens (including phenoxy) is 3. The number of hydrogen-bond acceptors (Lipinski definition) is 6. The highest BCUT2D eigenvalue weighted by Gasteiger charge is 2.56. The Kier molecular flexibility index (Phi) is 7.54. The van der Waals surface area contributed by atoms with Gasteiger partial charge in [-0.3, -0.25) is 4.57 Å². The van der Waals surface area contributed by atoms with Crippen LogP contribution in [0.15, 0.2) is 77.7 Å². The Morgan fingerprint density at radius 3 is 2.26 bits per heavy atom. The summed E-state index contributed by atoms with van der Waals surface area (Å²) in [4.78, 5) is 16.1. The van der Waals surface area contributed by atoms with Gasteiger partial charge >= 0.3 is 11.9 Å². The van der Waals surface area contributed by atoms with Gasteiger partial charge in [-0.2, -0.15) is 18.2 Å². The lowest BCUT2D eigenvalue weighted by Gasteiger charge is -2.35. The van der Waals surface area contributed by atoms with Gasteiger partial charge in [-0.05, 0) is 17.2 Å². The van der Waals surface area contributed by atoms with E-state index in [9.17, 15) is 18.0 Å². The van der Waals surface area contributed by atoms with Gasteiger partial charge in [-0.25, -0.2) is 4.79 Å². The largest absolute Gasteiger partial charge is 0.392 e. The second-order valence-electron chi connectivity index (χ2n) is 8.47. The minimum Gasteiger partial charge on any atom is -0.383 e. The quantitative estimate of drug-likeness (QED) is 0.484. The summed E-state index contributed by atoms with van der Waals surface area (Å²) in [5.41, 5.74) is 4.59. The first-order valence-corrected chi connectivity index (χ1v) is 11.1. The van der Waals surface area contributed by atoms with Gasteiger partial charge in [-0.1, -0.05) is 60.7 Å². The Hall–Kier alpha value is -3.21. The molecular formula is C25H26F3N3O4. The number of hydrogen-bond donors (Lipinski definition) is 1. The second kappa shape index (κ2) is 10.6. The number of alkyl halides is 3. The maximum absolute atomic E-state index is 13.8. The summed E-state index contributed by atoms with van der Waals surface area (Å²) in [6.07, 6.45) is -6.54. The van der Waals surface area contributed by atoms with Crippen molar-refractivity contribution in [2.75, 3.05) is 12.3 Å². The van der Waals surface area contributed by atoms with Crippen molar-refractivity contribution < 1.29 is 27.4 Å². The summed E-state index contributed by atoms with van der Waals surface area (Å²) in [6.45, 7) is -0.202. The molecule has 3 aromatic rings. The molecule has 1 aromatic heterocycles. The predicted molar refractivity (Wildman–Crippen MR) is 122 cm³/mol. The number of nitrogen functional groups attached to an aromatic ring is 1. The van der Waals surface area contributed by atoms with E-state index in [4.69, 9.17) is 19.9 Å². The summed E-state index contributed by atoms with van der Waals surface area (Å²) >= 11 is 0. The number of aromatic nitrogens is 2. The first-order chi connectivity index (χ1) is 16.7. The third-order valence-corrected chi connectivity index (χ3v) is 5.79. The average molecular weight is 489 g/mol. The average Bonchev–Trinajstić information content (AvgIpc) is 3.15. The van der Waals surface area contributed by atoms with E-state index < -0.39 is 36.2 Å². The fraction of sp³-hybridized carbons (Fsp3) is 0.360. The summed E-state index contributed by atoms with van der Waals surface area (Å²) in [5, 5.41) is 0. The van der Waals surface area contributed by atoms with Gasteiger partial charge in [0.1, 0.15) is 17.6 Å². The molecule has 2 heterocycles. The zero-order valence-corrected chi connectivity index (χ0v) is 18.9. The molecule has 2 aromatic carbocycles. The van der Waals surface area contributed by atoms with Gasteiger partial charge in [0.2, 0.25) is 0 Å². The summed E-state index contributed by atoms with van der Waals surface area (Å²) in [6, 6.07) is 19.6. The molecule has 3 atom stereocenters. The molecule has 1 saturated heterocycles. The maximum Gasteiger partial charge on any atom is 0.392 e. The van der Waals surface area contributed by atoms with Crippen molar-refractivity contribution in [3.05, 3.63) is 94.5 Å². The van der Waals surface area contributed by atoms with Crippen LogP contribution in [0.1, 0.15) is 30.2 Å². The zero-order valence-electron chi connectivity index (χ0n) is 18.9. The predicted octanol–water partition coefficient (Wildman–Crippen LogP) is 4.24. The van der Waals surface area contributed by atoms with Gasteiger partial charge in [-0.15, -0.1) is 0 Å². The van der Waals surface area contributed by atoms with Gasteiger partial charge < -0.3 is 19.9 Å². The molecule has 35 heavy (non-hydrogen) atoms. The smallest absolute Gasteiger partial charge is 0.383 e. The standard InChI is InChI=1S/C25H26F3N3O4/c26-25(27,28)16-24(17-33-14-18-7-3-1-4-8-18)20(34-15-19-9-5-2-6-10-19)13-22(35-24)31-12-11-21(29)30-23(31)32/h1-12,20,22H,13-17H2,(H2,29,30,32)/t20-,22+,24+/m0/s1. The van der Waals surface area contributed by atoms with E-state index in [0.717, 1.165) is 15.7 Å². The molecule has 0 bridgehead atoms. The fourth-order valence-corrected chi connectivity index (χ4v) is 4.19. The first-order valence-electron chi connectivity index (χ1n) is 11.1. The summed E-state index contributed by atoms with van der Waals surface area (Å²) < 4.78 is 60.3. The minimum absolute atomic E-state index is 0.00309. The Morgan fingerprint density at radius 1 is 1.03 bits per heavy atom. The van der Waals surface area contributed by atoms with E-state index in [2.05, 4.69) is 4.98 Å². The molecule has 2 N–H and O–H groups in total. The second-order valence-corrected chi connectivity index (χ2v) is 8.47. The molecule has 1 aliphatic heterocycles. The van der Waals surface area contributed by atoms with Crippen LogP contribution in [0.25, 0.3) is 0 Å². The molecule has 186 valence electrons. The van der Waals surface area contributed by atoms with Crippen LogP contribution in [0.4, 0.5) is 19.0 Å². The third-order valence-electron chi connectivity index (χ3n) is 5.79. The molecule has 4 rings (SSSR count). The number of halogens is 3. The molecule has 1 aliphatic rings. The van der Waals surface area contributed by atoms with Gasteiger partial charge in [0.25, 0.3) is 0 Å². The minimum atomic E-state index is -4.57. The van der Waals surface area contributed by atoms with Gasteiger partial charge in [0.05, 0.1) is 32.3 Å². The van der Waals surface area contributed by atoms with E-state index in [1.54, 1.807) is 0 Å². The maximum atomic E-state index is 13.8. The molecule has 0 saturated carbocycles. The molecular weight excluding hydrogens is 463 g/mol. The highest BCUT2D eigenvalue weighted by molar-refractivity contribution is 5.23. The van der Waals surface area contributed by atoms with Gasteiger partial charge in [0, 0.05) is 12.6 Å². The van der Waals surface area contributed by atoms with Crippen LogP contribution in [0.5, 0.6) is 0 Å². The number of benzene rings is 2. The lowest BCUT2D eigenvalue weighted by atomic mass is 9.93. The van der Waals surface area contributed by atoms with Crippen LogP contribution in [-0.4, -0.2) is 34.0 Å². The highest BCUT2D eigenvalue weighted by Crippen LogP contribution is 2.45. The van der Waals surface area contributed by atoms with Crippen molar-refractivity contribution in [3.8, 4) is 0 Å². The monoisotopic (exact) mass is 489 g/mol. The molecule has 0 radical (unpaired) electrons. The van der Waals surface area contributed by atoms with Crippen molar-refractivity contribution in [2.45, 2.75) is 50.2 Å². The fourth-order valence-electron chi connectivity index (χ4n) is 4.19. The molecule has 0 unspecified atom stereocenters. The van der Waals surface area contributed by atoms with Crippen LogP contribution < -0.4 is 11.4 Å². The normalized spacial score (nSPS) is 22.4. The molecule has 1 fully saturated rings. The van der Waals surface area contributed by atoms with Crippen LogP contribution in [0, 0.1) is 0 Å². The SMILES string of the molecule is Nc1ccn([C@H]2C[C@H](OCc3ccccc3)[C@](COCc3ccccc3)(CC(F)(F)F)O2)c(=O)n1. The van der Waals surface area contributed by atoms with E-state index >= 15 is 0 Å². The summed E-state index contributed by atoms with van der Waals surface area (Å²) in [7, 11) is 0. The van der Waals surface area contributed by atoms with Crippen LogP contribution >= 0.6 is 0 Å². The molecule has 0 amide bonds. The molecule has 10 heteroatoms. The number of anilines is 1. The third kappa shape index (κ3) is 6.47. The van der Waals surface area contributed by atoms with E-state index in [1.165, 1.54) is 12.3 Å². The van der Waals surface area contributed by atoms with E-state index in [-0.39, 0.29) is 32.1 Å². The number of nitrogens with zero attached hydrogens (tertiary/aromatic N) is 2. The zero-order chi connectivity index (χ0) is 24.9. The Morgan fingerprint density at radius 2 is 1.66 bits per heavy atom. The highest BCUT2D eigenvalue weighted by atomic mass is 19.4. The molecule has 7 nitrogen and oxygen atoms in total. The Bertz CT molecular complexity index is 1160. The Labute approximate surface area is 200 Å². The van der Waals surface area contributed by atoms with Crippen molar-refractivity contribution in [1.82, 2.24) is 9.55 Å². The Balaban J connectivity index is 1.62. The van der Waals surface area contributed by atoms with Crippen LogP contribution in [0.2, 0.25) is 0 Å². The van der Waals surface area contributed by atoms with Crippen molar-refractivity contribution >= 4 is 5.82 Å². The first kappa shape index (κ1) is 24.9. The lowest BCUT2D eigenvalue weighted by molar-refractivity contribution is -0.227. The van der Waals surface area contributed by atoms with Crippen LogP contribution in [0.3, 0.4) is 0 Å². The number of rotatable bonds is 9. The van der Waals surface area contributed by atoms with Crippen molar-refractivity contribution in [3.63, 3.8) is 0 Å². The van der Waals surface area contributed by atoms with Crippen molar-refractivity contribution in [1.29, 1.82) is 0 Å². The molecule has 0 spiro atoms. The van der Waals surface area contributed by atoms with Crippen LogP contribution in [-0.2, 0) is 27.4 Å². The topological polar surface area (TPSA) is 88.6 Å². The van der Waals surface area contributed by atoms with E-state index in [0.29, 0.717) is 0 Å². The van der Waals surface area contributed by atoms with Crippen molar-refractivity contribution in [2.24, 2.45) is 0 Å². The molecule has 0 aliphatic carbocycles. The number of nitrogens with two attached hydrogens (primary N) is 1. The van der Waals surface area contributed by atoms with E-state index in [1.807, 2.05) is 60.7 Å². The van der Waals surface area contributed by atoms with Gasteiger partial charge in [0.15, 0.2) is 0 Å². The lowest BCUT2D eigenvalue weighted by Crippen LogP contribution is -2.48. The summed E-state index contributed by atoms with van der Waals surface area (Å²) in [5.74, 6) is 0.00822.